The first kappa shape index (κ1) is 11.2. The van der Waals surface area contributed by atoms with Crippen LogP contribution in [0.4, 0.5) is 0 Å². The van der Waals surface area contributed by atoms with Gasteiger partial charge in [-0.2, -0.15) is 0 Å². The van der Waals surface area contributed by atoms with Gasteiger partial charge >= 0.3 is 0 Å². The highest BCUT2D eigenvalue weighted by atomic mass is 79.9. The molecule has 2 heteroatoms. The standard InChI is InChI=1S/C13H17BrO/c1-13(2)12(14)9-8-11(15-13)10-6-4-3-5-7-10/h3-7,11-12H,8-9H2,1-2H3/t11-,12-/m1/s1. The summed E-state index contributed by atoms with van der Waals surface area (Å²) in [7, 11) is 0. The SMILES string of the molecule is CC1(C)O[C@@H](c2ccccc2)CC[C@H]1Br. The van der Waals surface area contributed by atoms with Crippen molar-refractivity contribution in [3.63, 3.8) is 0 Å². The number of benzene rings is 1. The fraction of sp³-hybridized carbons (Fsp3) is 0.538. The maximum absolute atomic E-state index is 6.13. The highest BCUT2D eigenvalue weighted by Gasteiger charge is 2.36. The van der Waals surface area contributed by atoms with Crippen molar-refractivity contribution in [2.45, 2.75) is 43.2 Å². The van der Waals surface area contributed by atoms with E-state index in [2.05, 4.69) is 54.0 Å². The minimum Gasteiger partial charge on any atom is -0.366 e. The zero-order valence-electron chi connectivity index (χ0n) is 9.24. The van der Waals surface area contributed by atoms with Gasteiger partial charge in [0.25, 0.3) is 0 Å². The summed E-state index contributed by atoms with van der Waals surface area (Å²) in [4.78, 5) is 0.463. The molecule has 1 aliphatic rings. The number of rotatable bonds is 1. The summed E-state index contributed by atoms with van der Waals surface area (Å²) in [5.74, 6) is 0. The first-order valence-corrected chi connectivity index (χ1v) is 6.38. The molecule has 0 spiro atoms. The number of hydrogen-bond acceptors (Lipinski definition) is 1. The van der Waals surface area contributed by atoms with Crippen LogP contribution in [0.15, 0.2) is 30.3 Å². The van der Waals surface area contributed by atoms with Gasteiger partial charge in [-0.1, -0.05) is 46.3 Å². The second-order valence-electron chi connectivity index (χ2n) is 4.67. The van der Waals surface area contributed by atoms with E-state index in [1.165, 1.54) is 12.0 Å². The van der Waals surface area contributed by atoms with E-state index >= 15 is 0 Å². The van der Waals surface area contributed by atoms with Crippen molar-refractivity contribution >= 4 is 15.9 Å². The zero-order valence-corrected chi connectivity index (χ0v) is 10.8. The minimum atomic E-state index is -0.0707. The first-order valence-electron chi connectivity index (χ1n) is 5.46. The minimum absolute atomic E-state index is 0.0707. The zero-order chi connectivity index (χ0) is 10.9. The molecule has 1 aromatic carbocycles. The summed E-state index contributed by atoms with van der Waals surface area (Å²) in [6, 6.07) is 10.5. The Morgan fingerprint density at radius 2 is 1.87 bits per heavy atom. The highest BCUT2D eigenvalue weighted by molar-refractivity contribution is 9.09. The molecular weight excluding hydrogens is 252 g/mol. The van der Waals surface area contributed by atoms with Crippen molar-refractivity contribution in [3.8, 4) is 0 Å². The normalized spacial score (nSPS) is 30.1. The van der Waals surface area contributed by atoms with Crippen molar-refractivity contribution in [1.82, 2.24) is 0 Å². The van der Waals surface area contributed by atoms with Gasteiger partial charge in [0.15, 0.2) is 0 Å². The molecule has 1 saturated heterocycles. The lowest BCUT2D eigenvalue weighted by atomic mass is 9.92. The molecule has 82 valence electrons. The monoisotopic (exact) mass is 268 g/mol. The molecule has 0 radical (unpaired) electrons. The van der Waals surface area contributed by atoms with Crippen LogP contribution >= 0.6 is 15.9 Å². The Morgan fingerprint density at radius 1 is 1.20 bits per heavy atom. The largest absolute Gasteiger partial charge is 0.366 e. The highest BCUT2D eigenvalue weighted by Crippen LogP contribution is 2.40. The van der Waals surface area contributed by atoms with Gasteiger partial charge in [0, 0.05) is 4.83 Å². The number of hydrogen-bond donors (Lipinski definition) is 0. The van der Waals surface area contributed by atoms with E-state index in [4.69, 9.17) is 4.74 Å². The third-order valence-electron chi connectivity index (χ3n) is 3.05. The van der Waals surface area contributed by atoms with Gasteiger partial charge in [0.05, 0.1) is 11.7 Å². The number of alkyl halides is 1. The average molecular weight is 269 g/mol. The molecular formula is C13H17BrO. The molecule has 0 unspecified atom stereocenters. The summed E-state index contributed by atoms with van der Waals surface area (Å²) in [6.07, 6.45) is 2.53. The van der Waals surface area contributed by atoms with E-state index in [0.717, 1.165) is 6.42 Å². The number of ether oxygens (including phenoxy) is 1. The molecule has 0 aromatic heterocycles. The molecule has 2 atom stereocenters. The maximum atomic E-state index is 6.13. The van der Waals surface area contributed by atoms with Gasteiger partial charge in [-0.3, -0.25) is 0 Å². The second kappa shape index (κ2) is 4.26. The second-order valence-corrected chi connectivity index (χ2v) is 5.77. The van der Waals surface area contributed by atoms with Crippen LogP contribution < -0.4 is 0 Å². The molecule has 1 aliphatic heterocycles. The van der Waals surface area contributed by atoms with Gasteiger partial charge < -0.3 is 4.74 Å². The smallest absolute Gasteiger partial charge is 0.0833 e. The Morgan fingerprint density at radius 3 is 2.47 bits per heavy atom. The lowest BCUT2D eigenvalue weighted by Gasteiger charge is -2.40. The average Bonchev–Trinajstić information content (AvgIpc) is 2.23. The molecule has 1 aromatic rings. The molecule has 15 heavy (non-hydrogen) atoms. The van der Waals surface area contributed by atoms with E-state index in [1.54, 1.807) is 0 Å². The van der Waals surface area contributed by atoms with Crippen molar-refractivity contribution in [2.24, 2.45) is 0 Å². The van der Waals surface area contributed by atoms with Gasteiger partial charge in [0.1, 0.15) is 0 Å². The van der Waals surface area contributed by atoms with Crippen LogP contribution in [0.2, 0.25) is 0 Å². The Bertz CT molecular complexity index is 321. The summed E-state index contributed by atoms with van der Waals surface area (Å²) in [5.41, 5.74) is 1.23. The van der Waals surface area contributed by atoms with Crippen LogP contribution in [-0.2, 0) is 4.74 Å². The Labute approximate surface area is 100.0 Å². The van der Waals surface area contributed by atoms with E-state index in [9.17, 15) is 0 Å². The molecule has 0 aliphatic carbocycles. The topological polar surface area (TPSA) is 9.23 Å². The van der Waals surface area contributed by atoms with Gasteiger partial charge in [-0.25, -0.2) is 0 Å². The Kier molecular flexibility index (Phi) is 3.17. The summed E-state index contributed by atoms with van der Waals surface area (Å²) in [5, 5.41) is 0. The van der Waals surface area contributed by atoms with Gasteiger partial charge in [0.2, 0.25) is 0 Å². The predicted octanol–water partition coefficient (Wildman–Crippen LogP) is 4.08. The molecule has 0 saturated carbocycles. The Hall–Kier alpha value is -0.340. The van der Waals surface area contributed by atoms with Crippen LogP contribution in [-0.4, -0.2) is 10.4 Å². The Balaban J connectivity index is 2.14. The van der Waals surface area contributed by atoms with Crippen LogP contribution in [0.25, 0.3) is 0 Å². The molecule has 1 fully saturated rings. The third-order valence-corrected chi connectivity index (χ3v) is 4.61. The van der Waals surface area contributed by atoms with Crippen LogP contribution in [0, 0.1) is 0 Å². The van der Waals surface area contributed by atoms with Crippen molar-refractivity contribution in [3.05, 3.63) is 35.9 Å². The molecule has 0 bridgehead atoms. The van der Waals surface area contributed by atoms with Crippen molar-refractivity contribution in [1.29, 1.82) is 0 Å². The van der Waals surface area contributed by atoms with Crippen LogP contribution in [0.1, 0.15) is 38.4 Å². The van der Waals surface area contributed by atoms with Crippen LogP contribution in [0.5, 0.6) is 0 Å². The summed E-state index contributed by atoms with van der Waals surface area (Å²) >= 11 is 3.68. The summed E-state index contributed by atoms with van der Waals surface area (Å²) in [6.45, 7) is 4.31. The molecule has 2 rings (SSSR count). The van der Waals surface area contributed by atoms with E-state index in [1.807, 2.05) is 6.07 Å². The lowest BCUT2D eigenvalue weighted by molar-refractivity contribution is -0.102. The van der Waals surface area contributed by atoms with E-state index < -0.39 is 0 Å². The van der Waals surface area contributed by atoms with E-state index in [0.29, 0.717) is 4.83 Å². The molecule has 1 heterocycles. The molecule has 1 nitrogen and oxygen atoms in total. The van der Waals surface area contributed by atoms with E-state index in [-0.39, 0.29) is 11.7 Å². The van der Waals surface area contributed by atoms with Crippen LogP contribution in [0.3, 0.4) is 0 Å². The lowest BCUT2D eigenvalue weighted by Crippen LogP contribution is -2.40. The quantitative estimate of drug-likeness (QED) is 0.698. The fourth-order valence-corrected chi connectivity index (χ4v) is 2.42. The number of halogens is 1. The first-order chi connectivity index (χ1) is 7.09. The summed E-state index contributed by atoms with van der Waals surface area (Å²) < 4.78 is 6.13. The third kappa shape index (κ3) is 2.43. The molecule has 0 N–H and O–H groups in total. The van der Waals surface area contributed by atoms with Crippen molar-refractivity contribution in [2.75, 3.05) is 0 Å². The molecule has 0 amide bonds. The van der Waals surface area contributed by atoms with Gasteiger partial charge in [-0.05, 0) is 32.3 Å². The predicted molar refractivity (Wildman–Crippen MR) is 66.3 cm³/mol. The van der Waals surface area contributed by atoms with Crippen molar-refractivity contribution < 1.29 is 4.74 Å². The van der Waals surface area contributed by atoms with Gasteiger partial charge in [-0.15, -0.1) is 0 Å². The fourth-order valence-electron chi connectivity index (χ4n) is 2.05. The maximum Gasteiger partial charge on any atom is 0.0833 e.